The number of phenolic OH excluding ortho intramolecular Hbond substituents is 1. The van der Waals surface area contributed by atoms with Gasteiger partial charge in [-0.2, -0.15) is 5.11 Å². The van der Waals surface area contributed by atoms with E-state index in [1.807, 2.05) is 24.3 Å². The number of ether oxygens (including phenoxy) is 2. The molecule has 138 valence electrons. The number of aromatic hydroxyl groups is 1. The molecule has 8 heteroatoms. The number of benzene rings is 2. The van der Waals surface area contributed by atoms with Crippen molar-refractivity contribution in [3.63, 3.8) is 0 Å². The van der Waals surface area contributed by atoms with Crippen LogP contribution in [0.15, 0.2) is 64.8 Å². The Bertz CT molecular complexity index is 941. The number of azo groups is 1. The van der Waals surface area contributed by atoms with Crippen molar-refractivity contribution in [1.29, 1.82) is 0 Å². The van der Waals surface area contributed by atoms with Gasteiger partial charge in [0.05, 0.1) is 12.8 Å². The maximum Gasteiger partial charge on any atom is 0.168 e. The molecule has 1 aromatic heterocycles. The fraction of sp³-hybridized carbons (Fsp3) is 0.105. The number of hydrogen-bond acceptors (Lipinski definition) is 8. The zero-order valence-corrected chi connectivity index (χ0v) is 14.7. The minimum atomic E-state index is 0.145. The van der Waals surface area contributed by atoms with E-state index >= 15 is 0 Å². The van der Waals surface area contributed by atoms with Crippen molar-refractivity contribution in [2.45, 2.75) is 6.61 Å². The first-order valence-electron chi connectivity index (χ1n) is 8.07. The highest BCUT2D eigenvalue weighted by molar-refractivity contribution is 5.66. The van der Waals surface area contributed by atoms with Gasteiger partial charge in [-0.25, -0.2) is 4.98 Å². The third-order valence-corrected chi connectivity index (χ3v) is 3.70. The summed E-state index contributed by atoms with van der Waals surface area (Å²) in [6, 6.07) is 15.4. The lowest BCUT2D eigenvalue weighted by atomic mass is 10.2. The number of hydrogen-bond donors (Lipinski definition) is 3. The van der Waals surface area contributed by atoms with Gasteiger partial charge in [-0.1, -0.05) is 12.1 Å². The molecule has 0 bridgehead atoms. The van der Waals surface area contributed by atoms with E-state index in [4.69, 9.17) is 20.9 Å². The van der Waals surface area contributed by atoms with Crippen molar-refractivity contribution < 1.29 is 14.6 Å². The largest absolute Gasteiger partial charge is 0.508 e. The predicted octanol–water partition coefficient (Wildman–Crippen LogP) is 3.95. The van der Waals surface area contributed by atoms with Gasteiger partial charge in [0.1, 0.15) is 23.8 Å². The Hall–Kier alpha value is -3.81. The zero-order chi connectivity index (χ0) is 19.2. The van der Waals surface area contributed by atoms with E-state index in [1.165, 1.54) is 12.1 Å². The number of nitrogens with two attached hydrogens (primary N) is 2. The molecule has 0 saturated carbocycles. The van der Waals surface area contributed by atoms with Gasteiger partial charge in [0.15, 0.2) is 17.4 Å². The van der Waals surface area contributed by atoms with Crippen molar-refractivity contribution in [3.8, 4) is 17.2 Å². The van der Waals surface area contributed by atoms with Crippen molar-refractivity contribution in [2.75, 3.05) is 18.6 Å². The van der Waals surface area contributed by atoms with Gasteiger partial charge in [-0.05, 0) is 42.0 Å². The van der Waals surface area contributed by atoms with E-state index < -0.39 is 0 Å². The molecule has 0 aliphatic heterocycles. The maximum absolute atomic E-state index is 9.30. The van der Waals surface area contributed by atoms with E-state index in [0.717, 1.165) is 11.3 Å². The van der Waals surface area contributed by atoms with Gasteiger partial charge in [0.25, 0.3) is 0 Å². The second-order valence-corrected chi connectivity index (χ2v) is 5.63. The van der Waals surface area contributed by atoms with Crippen molar-refractivity contribution in [1.82, 2.24) is 4.98 Å². The molecular formula is C19H19N5O3. The number of methoxy groups -OCH3 is 1. The molecule has 27 heavy (non-hydrogen) atoms. The molecule has 2 aromatic carbocycles. The van der Waals surface area contributed by atoms with Gasteiger partial charge in [-0.15, -0.1) is 5.11 Å². The van der Waals surface area contributed by atoms with Crippen LogP contribution in [0.4, 0.5) is 23.0 Å². The molecule has 3 aromatic rings. The molecule has 0 radical (unpaired) electrons. The zero-order valence-electron chi connectivity index (χ0n) is 14.7. The fourth-order valence-corrected chi connectivity index (χ4v) is 2.22. The fourth-order valence-electron chi connectivity index (χ4n) is 2.22. The number of nitrogens with zero attached hydrogens (tertiary/aromatic N) is 3. The van der Waals surface area contributed by atoms with Crippen LogP contribution in [0.1, 0.15) is 5.56 Å². The standard InChI is InChI=1S/C19H19N5O3/c1-26-15-8-2-12(3-9-15)11-27-17-10-16(18(20)22-19(17)21)24-23-13-4-6-14(25)7-5-13/h2-10,25H,11H2,1H3,(H4,20,21,22). The van der Waals surface area contributed by atoms with E-state index in [9.17, 15) is 5.11 Å². The monoisotopic (exact) mass is 365 g/mol. The molecule has 0 aliphatic carbocycles. The van der Waals surface area contributed by atoms with Crippen molar-refractivity contribution in [2.24, 2.45) is 10.2 Å². The Morgan fingerprint density at radius 3 is 2.33 bits per heavy atom. The minimum Gasteiger partial charge on any atom is -0.508 e. The maximum atomic E-state index is 9.30. The third kappa shape index (κ3) is 4.63. The van der Waals surface area contributed by atoms with E-state index in [0.29, 0.717) is 23.7 Å². The first-order chi connectivity index (χ1) is 13.0. The van der Waals surface area contributed by atoms with Gasteiger partial charge in [-0.3, -0.25) is 0 Å². The number of anilines is 2. The lowest BCUT2D eigenvalue weighted by Gasteiger charge is -2.10. The van der Waals surface area contributed by atoms with Crippen LogP contribution in [0.25, 0.3) is 0 Å². The number of nitrogen functional groups attached to an aromatic ring is 2. The molecule has 0 atom stereocenters. The Labute approximate surface area is 156 Å². The van der Waals surface area contributed by atoms with Crippen LogP contribution < -0.4 is 20.9 Å². The Balaban J connectivity index is 1.75. The third-order valence-electron chi connectivity index (χ3n) is 3.70. The molecule has 5 N–H and O–H groups in total. The average molecular weight is 365 g/mol. The first kappa shape index (κ1) is 18.0. The summed E-state index contributed by atoms with van der Waals surface area (Å²) in [4.78, 5) is 4.06. The van der Waals surface area contributed by atoms with Gasteiger partial charge in [0.2, 0.25) is 0 Å². The molecule has 0 saturated heterocycles. The summed E-state index contributed by atoms with van der Waals surface area (Å²) < 4.78 is 10.9. The first-order valence-corrected chi connectivity index (χ1v) is 8.07. The SMILES string of the molecule is COc1ccc(COc2cc(N=Nc3ccc(O)cc3)c(N)nc2N)cc1. The van der Waals surface area contributed by atoms with Crippen LogP contribution in [0.3, 0.4) is 0 Å². The summed E-state index contributed by atoms with van der Waals surface area (Å²) in [6.07, 6.45) is 0. The summed E-state index contributed by atoms with van der Waals surface area (Å²) in [7, 11) is 1.61. The Kier molecular flexibility index (Phi) is 5.36. The summed E-state index contributed by atoms with van der Waals surface area (Å²) in [6.45, 7) is 0.300. The number of aromatic nitrogens is 1. The van der Waals surface area contributed by atoms with Crippen molar-refractivity contribution >= 4 is 23.0 Å². The van der Waals surface area contributed by atoms with Crippen molar-refractivity contribution in [3.05, 3.63) is 60.2 Å². The lowest BCUT2D eigenvalue weighted by Crippen LogP contribution is -2.02. The topological polar surface area (TPSA) is 128 Å². The smallest absolute Gasteiger partial charge is 0.168 e. The van der Waals surface area contributed by atoms with Gasteiger partial charge in [0, 0.05) is 6.07 Å². The van der Waals surface area contributed by atoms with Crippen LogP contribution >= 0.6 is 0 Å². The van der Waals surface area contributed by atoms with E-state index in [1.54, 1.807) is 25.3 Å². The van der Waals surface area contributed by atoms with Crippen LogP contribution in [-0.4, -0.2) is 17.2 Å². The summed E-state index contributed by atoms with van der Waals surface area (Å²) in [5, 5.41) is 17.5. The minimum absolute atomic E-state index is 0.145. The van der Waals surface area contributed by atoms with Crippen LogP contribution in [0, 0.1) is 0 Å². The lowest BCUT2D eigenvalue weighted by molar-refractivity contribution is 0.307. The Morgan fingerprint density at radius 2 is 1.67 bits per heavy atom. The van der Waals surface area contributed by atoms with Gasteiger partial charge >= 0.3 is 0 Å². The molecule has 8 nitrogen and oxygen atoms in total. The summed E-state index contributed by atoms with van der Waals surface area (Å²) in [5.74, 6) is 1.59. The van der Waals surface area contributed by atoms with Crippen LogP contribution in [0.5, 0.6) is 17.2 Å². The molecule has 0 spiro atoms. The predicted molar refractivity (Wildman–Crippen MR) is 103 cm³/mol. The van der Waals surface area contributed by atoms with E-state index in [2.05, 4.69) is 15.2 Å². The second kappa shape index (κ2) is 8.05. The highest BCUT2D eigenvalue weighted by Gasteiger charge is 2.09. The second-order valence-electron chi connectivity index (χ2n) is 5.63. The van der Waals surface area contributed by atoms with Gasteiger partial charge < -0.3 is 26.0 Å². The van der Waals surface area contributed by atoms with E-state index in [-0.39, 0.29) is 17.4 Å². The molecule has 0 aliphatic rings. The molecule has 3 rings (SSSR count). The highest BCUT2D eigenvalue weighted by atomic mass is 16.5. The summed E-state index contributed by atoms with van der Waals surface area (Å²) >= 11 is 0. The Morgan fingerprint density at radius 1 is 0.963 bits per heavy atom. The average Bonchev–Trinajstić information content (AvgIpc) is 2.68. The normalized spacial score (nSPS) is 10.9. The number of pyridine rings is 1. The van der Waals surface area contributed by atoms with Crippen LogP contribution in [0.2, 0.25) is 0 Å². The number of phenols is 1. The number of rotatable bonds is 6. The molecular weight excluding hydrogens is 346 g/mol. The quantitative estimate of drug-likeness (QED) is 0.567. The van der Waals surface area contributed by atoms with Crippen LogP contribution in [-0.2, 0) is 6.61 Å². The highest BCUT2D eigenvalue weighted by Crippen LogP contribution is 2.32. The molecule has 0 amide bonds. The molecule has 0 fully saturated rings. The summed E-state index contributed by atoms with van der Waals surface area (Å²) in [5.41, 5.74) is 13.6. The molecule has 1 heterocycles. The molecule has 0 unspecified atom stereocenters.